The molecule has 0 fully saturated rings. The molecule has 0 spiro atoms. The number of rotatable bonds is 11. The van der Waals surface area contributed by atoms with Crippen LogP contribution < -0.4 is 5.32 Å². The summed E-state index contributed by atoms with van der Waals surface area (Å²) in [5.74, 6) is 0. The minimum Gasteiger partial charge on any atom is -0.377 e. The summed E-state index contributed by atoms with van der Waals surface area (Å²) < 4.78 is 16.1. The van der Waals surface area contributed by atoms with Crippen molar-refractivity contribution in [1.29, 1.82) is 0 Å². The highest BCUT2D eigenvalue weighted by Gasteiger charge is 2.36. The molecule has 0 unspecified atom stereocenters. The van der Waals surface area contributed by atoms with E-state index in [0.29, 0.717) is 0 Å². The van der Waals surface area contributed by atoms with Crippen LogP contribution in [0, 0.1) is 0 Å². The maximum Gasteiger partial charge on any atom is 0.500 e. The molecule has 98 valence electrons. The second-order valence-electron chi connectivity index (χ2n) is 3.86. The topological polar surface area (TPSA) is 39.7 Å². The molecule has 5 heteroatoms. The molecular weight excluding hydrogens is 222 g/mol. The number of unbranched alkanes of at least 4 members (excludes halogenated alkanes) is 2. The zero-order chi connectivity index (χ0) is 12.3. The van der Waals surface area contributed by atoms with Gasteiger partial charge in [0.25, 0.3) is 0 Å². The summed E-state index contributed by atoms with van der Waals surface area (Å²) in [5.41, 5.74) is 0. The SMILES string of the molecule is CCCCNCCCC[Si](OC)(OC)OC. The zero-order valence-corrected chi connectivity index (χ0v) is 12.2. The molecule has 16 heavy (non-hydrogen) atoms. The van der Waals surface area contributed by atoms with Crippen LogP contribution in [-0.4, -0.2) is 43.2 Å². The normalized spacial score (nSPS) is 12.0. The molecule has 0 radical (unpaired) electrons. The molecule has 1 N–H and O–H groups in total. The van der Waals surface area contributed by atoms with Gasteiger partial charge in [0.1, 0.15) is 0 Å². The van der Waals surface area contributed by atoms with Crippen LogP contribution in [0.2, 0.25) is 6.04 Å². The van der Waals surface area contributed by atoms with Crippen molar-refractivity contribution in [3.63, 3.8) is 0 Å². The number of hydrogen-bond acceptors (Lipinski definition) is 4. The van der Waals surface area contributed by atoms with Gasteiger partial charge in [-0.2, -0.15) is 0 Å². The molecule has 0 saturated carbocycles. The van der Waals surface area contributed by atoms with Crippen molar-refractivity contribution in [3.05, 3.63) is 0 Å². The quantitative estimate of drug-likeness (QED) is 0.449. The maximum absolute atomic E-state index is 5.36. The van der Waals surface area contributed by atoms with Crippen LogP contribution in [0.5, 0.6) is 0 Å². The van der Waals surface area contributed by atoms with Crippen LogP contribution >= 0.6 is 0 Å². The lowest BCUT2D eigenvalue weighted by molar-refractivity contribution is 0.123. The second kappa shape index (κ2) is 10.2. The summed E-state index contributed by atoms with van der Waals surface area (Å²) in [5, 5.41) is 3.42. The van der Waals surface area contributed by atoms with Crippen LogP contribution in [0.4, 0.5) is 0 Å². The monoisotopic (exact) mass is 249 g/mol. The predicted molar refractivity (Wildman–Crippen MR) is 68.6 cm³/mol. The van der Waals surface area contributed by atoms with E-state index in [1.54, 1.807) is 21.3 Å². The molecule has 0 amide bonds. The van der Waals surface area contributed by atoms with E-state index < -0.39 is 8.80 Å². The molecule has 0 aromatic heterocycles. The molecule has 0 aromatic rings. The minimum absolute atomic E-state index is 0.895. The average molecular weight is 249 g/mol. The third kappa shape index (κ3) is 6.60. The highest BCUT2D eigenvalue weighted by Crippen LogP contribution is 2.15. The van der Waals surface area contributed by atoms with Gasteiger partial charge in [0.2, 0.25) is 0 Å². The van der Waals surface area contributed by atoms with Crippen LogP contribution in [0.3, 0.4) is 0 Å². The Morgan fingerprint density at radius 3 is 1.94 bits per heavy atom. The van der Waals surface area contributed by atoms with Crippen molar-refractivity contribution < 1.29 is 13.3 Å². The maximum atomic E-state index is 5.36. The molecule has 0 aromatic carbocycles. The van der Waals surface area contributed by atoms with Crippen LogP contribution in [0.25, 0.3) is 0 Å². The van der Waals surface area contributed by atoms with Gasteiger partial charge >= 0.3 is 8.80 Å². The largest absolute Gasteiger partial charge is 0.500 e. The van der Waals surface area contributed by atoms with Crippen molar-refractivity contribution in [2.75, 3.05) is 34.4 Å². The highest BCUT2D eigenvalue weighted by atomic mass is 28.4. The van der Waals surface area contributed by atoms with Gasteiger partial charge in [-0.25, -0.2) is 0 Å². The van der Waals surface area contributed by atoms with E-state index in [1.807, 2.05) is 0 Å². The minimum atomic E-state index is -2.32. The van der Waals surface area contributed by atoms with Crippen LogP contribution in [-0.2, 0) is 13.3 Å². The Morgan fingerprint density at radius 2 is 1.44 bits per heavy atom. The van der Waals surface area contributed by atoms with E-state index in [1.165, 1.54) is 12.8 Å². The van der Waals surface area contributed by atoms with Crippen molar-refractivity contribution in [3.8, 4) is 0 Å². The lowest BCUT2D eigenvalue weighted by atomic mass is 10.3. The Labute approximate surface area is 101 Å². The van der Waals surface area contributed by atoms with Gasteiger partial charge in [-0.05, 0) is 32.4 Å². The summed E-state index contributed by atoms with van der Waals surface area (Å²) in [7, 11) is 2.68. The Morgan fingerprint density at radius 1 is 0.875 bits per heavy atom. The smallest absolute Gasteiger partial charge is 0.377 e. The first-order valence-corrected chi connectivity index (χ1v) is 8.04. The summed E-state index contributed by atoms with van der Waals surface area (Å²) in [4.78, 5) is 0. The fourth-order valence-corrected chi connectivity index (χ4v) is 3.37. The van der Waals surface area contributed by atoms with Crippen LogP contribution in [0.1, 0.15) is 32.6 Å². The van der Waals surface area contributed by atoms with Crippen molar-refractivity contribution in [2.45, 2.75) is 38.7 Å². The first-order valence-electron chi connectivity index (χ1n) is 6.10. The van der Waals surface area contributed by atoms with Crippen molar-refractivity contribution >= 4 is 8.80 Å². The first-order chi connectivity index (χ1) is 7.74. The average Bonchev–Trinajstić information content (AvgIpc) is 2.34. The lowest BCUT2D eigenvalue weighted by Gasteiger charge is -2.24. The molecular formula is C11H27NO3Si. The van der Waals surface area contributed by atoms with Gasteiger partial charge < -0.3 is 18.6 Å². The van der Waals surface area contributed by atoms with Gasteiger partial charge in [-0.1, -0.05) is 13.3 Å². The van der Waals surface area contributed by atoms with E-state index in [9.17, 15) is 0 Å². The molecule has 0 aliphatic heterocycles. The molecule has 0 bridgehead atoms. The van der Waals surface area contributed by atoms with Crippen molar-refractivity contribution in [1.82, 2.24) is 5.32 Å². The second-order valence-corrected chi connectivity index (χ2v) is 6.95. The molecule has 0 atom stereocenters. The summed E-state index contributed by atoms with van der Waals surface area (Å²) in [6, 6.07) is 0.895. The van der Waals surface area contributed by atoms with Gasteiger partial charge in [-0.15, -0.1) is 0 Å². The summed E-state index contributed by atoms with van der Waals surface area (Å²) >= 11 is 0. The number of hydrogen-bond donors (Lipinski definition) is 1. The molecule has 0 rings (SSSR count). The van der Waals surface area contributed by atoms with E-state index in [2.05, 4.69) is 12.2 Å². The van der Waals surface area contributed by atoms with Gasteiger partial charge in [0.15, 0.2) is 0 Å². The van der Waals surface area contributed by atoms with E-state index >= 15 is 0 Å². The van der Waals surface area contributed by atoms with Gasteiger partial charge in [0, 0.05) is 27.4 Å². The number of nitrogens with one attached hydrogen (secondary N) is 1. The third-order valence-electron chi connectivity index (χ3n) is 2.73. The van der Waals surface area contributed by atoms with E-state index in [0.717, 1.165) is 32.0 Å². The highest BCUT2D eigenvalue weighted by molar-refractivity contribution is 6.60. The summed E-state index contributed by atoms with van der Waals surface area (Å²) in [6.45, 7) is 4.40. The molecule has 0 aliphatic carbocycles. The van der Waals surface area contributed by atoms with Gasteiger partial charge in [0.05, 0.1) is 0 Å². The predicted octanol–water partition coefficient (Wildman–Crippen LogP) is 2.03. The Bertz CT molecular complexity index is 146. The van der Waals surface area contributed by atoms with Crippen molar-refractivity contribution in [2.24, 2.45) is 0 Å². The summed E-state index contributed by atoms with van der Waals surface area (Å²) in [6.07, 6.45) is 4.74. The molecule has 0 saturated heterocycles. The molecule has 0 heterocycles. The Hall–Kier alpha value is 0.0569. The molecule has 0 aliphatic rings. The zero-order valence-electron chi connectivity index (χ0n) is 11.2. The fraction of sp³-hybridized carbons (Fsp3) is 1.00. The fourth-order valence-electron chi connectivity index (χ4n) is 1.57. The first kappa shape index (κ1) is 16.1. The lowest BCUT2D eigenvalue weighted by Crippen LogP contribution is -2.42. The third-order valence-corrected chi connectivity index (χ3v) is 5.56. The van der Waals surface area contributed by atoms with Crippen LogP contribution in [0.15, 0.2) is 0 Å². The van der Waals surface area contributed by atoms with E-state index in [4.69, 9.17) is 13.3 Å². The standard InChI is InChI=1S/C11H27NO3Si/c1-5-6-9-12-10-7-8-11-16(13-2,14-3)15-4/h12H,5-11H2,1-4H3. The Balaban J connectivity index is 3.48. The van der Waals surface area contributed by atoms with Gasteiger partial charge in [-0.3, -0.25) is 0 Å². The molecule has 4 nitrogen and oxygen atoms in total. The van der Waals surface area contributed by atoms with E-state index in [-0.39, 0.29) is 0 Å². The Kier molecular flexibility index (Phi) is 10.3.